The zero-order valence-electron chi connectivity index (χ0n) is 6.55. The molecule has 1 aliphatic rings. The SMILES string of the molecule is COC[C@@H]1CC[C@H](CO)C1. The number of rotatable bonds is 3. The van der Waals surface area contributed by atoms with E-state index in [0.717, 1.165) is 13.0 Å². The number of hydrogen-bond acceptors (Lipinski definition) is 2. The first-order valence-corrected chi connectivity index (χ1v) is 3.96. The summed E-state index contributed by atoms with van der Waals surface area (Å²) < 4.78 is 5.04. The van der Waals surface area contributed by atoms with E-state index in [1.54, 1.807) is 7.11 Å². The molecule has 0 saturated heterocycles. The average Bonchev–Trinajstić information content (AvgIpc) is 2.37. The molecule has 0 unspecified atom stereocenters. The molecule has 0 aliphatic heterocycles. The zero-order valence-corrected chi connectivity index (χ0v) is 6.55. The van der Waals surface area contributed by atoms with E-state index >= 15 is 0 Å². The average molecular weight is 144 g/mol. The lowest BCUT2D eigenvalue weighted by molar-refractivity contribution is 0.148. The van der Waals surface area contributed by atoms with Crippen LogP contribution in [0.1, 0.15) is 19.3 Å². The van der Waals surface area contributed by atoms with E-state index in [1.807, 2.05) is 0 Å². The van der Waals surface area contributed by atoms with Crippen LogP contribution in [0.4, 0.5) is 0 Å². The fraction of sp³-hybridized carbons (Fsp3) is 1.00. The van der Waals surface area contributed by atoms with Crippen LogP contribution < -0.4 is 0 Å². The predicted octanol–water partition coefficient (Wildman–Crippen LogP) is 1.04. The molecule has 1 aliphatic carbocycles. The first-order chi connectivity index (χ1) is 4.86. The molecule has 1 rings (SSSR count). The molecule has 1 N–H and O–H groups in total. The molecule has 10 heavy (non-hydrogen) atoms. The van der Waals surface area contributed by atoms with E-state index < -0.39 is 0 Å². The van der Waals surface area contributed by atoms with Crippen molar-refractivity contribution in [2.75, 3.05) is 20.3 Å². The molecule has 0 bridgehead atoms. The van der Waals surface area contributed by atoms with Crippen LogP contribution in [0.25, 0.3) is 0 Å². The van der Waals surface area contributed by atoms with Gasteiger partial charge in [-0.15, -0.1) is 0 Å². The molecule has 2 nitrogen and oxygen atoms in total. The Morgan fingerprint density at radius 1 is 1.40 bits per heavy atom. The topological polar surface area (TPSA) is 29.5 Å². The summed E-state index contributed by atoms with van der Waals surface area (Å²) in [6.07, 6.45) is 3.58. The summed E-state index contributed by atoms with van der Waals surface area (Å²) in [6, 6.07) is 0. The summed E-state index contributed by atoms with van der Waals surface area (Å²) in [5.74, 6) is 1.27. The molecule has 0 aromatic heterocycles. The number of ether oxygens (including phenoxy) is 1. The summed E-state index contributed by atoms with van der Waals surface area (Å²) in [5, 5.41) is 8.81. The van der Waals surface area contributed by atoms with Gasteiger partial charge >= 0.3 is 0 Å². The van der Waals surface area contributed by atoms with Gasteiger partial charge in [0.15, 0.2) is 0 Å². The zero-order chi connectivity index (χ0) is 7.40. The maximum Gasteiger partial charge on any atom is 0.0490 e. The first kappa shape index (κ1) is 8.02. The van der Waals surface area contributed by atoms with Gasteiger partial charge in [0.2, 0.25) is 0 Å². The van der Waals surface area contributed by atoms with E-state index in [1.165, 1.54) is 12.8 Å². The fourth-order valence-electron chi connectivity index (χ4n) is 1.73. The molecular formula is C8H16O2. The first-order valence-electron chi connectivity index (χ1n) is 3.96. The van der Waals surface area contributed by atoms with Gasteiger partial charge < -0.3 is 9.84 Å². The minimum atomic E-state index is 0.361. The Balaban J connectivity index is 2.15. The normalized spacial score (nSPS) is 33.0. The molecular weight excluding hydrogens is 128 g/mol. The Labute approximate surface area is 62.2 Å². The maximum atomic E-state index is 8.81. The maximum absolute atomic E-state index is 8.81. The molecule has 60 valence electrons. The summed E-state index contributed by atoms with van der Waals surface area (Å²) in [4.78, 5) is 0. The van der Waals surface area contributed by atoms with E-state index in [-0.39, 0.29) is 0 Å². The number of hydrogen-bond donors (Lipinski definition) is 1. The molecule has 0 aromatic carbocycles. The summed E-state index contributed by atoms with van der Waals surface area (Å²) in [7, 11) is 1.74. The smallest absolute Gasteiger partial charge is 0.0490 e. The van der Waals surface area contributed by atoms with Crippen LogP contribution in [-0.2, 0) is 4.74 Å². The van der Waals surface area contributed by atoms with E-state index in [9.17, 15) is 0 Å². The third kappa shape index (κ3) is 1.96. The van der Waals surface area contributed by atoms with Gasteiger partial charge in [0.1, 0.15) is 0 Å². The van der Waals surface area contributed by atoms with Crippen molar-refractivity contribution >= 4 is 0 Å². The summed E-state index contributed by atoms with van der Waals surface area (Å²) in [6.45, 7) is 1.23. The largest absolute Gasteiger partial charge is 0.396 e. The Morgan fingerprint density at radius 3 is 2.60 bits per heavy atom. The highest BCUT2D eigenvalue weighted by Crippen LogP contribution is 2.30. The fourth-order valence-corrected chi connectivity index (χ4v) is 1.73. The van der Waals surface area contributed by atoms with Crippen molar-refractivity contribution in [3.8, 4) is 0 Å². The monoisotopic (exact) mass is 144 g/mol. The minimum Gasteiger partial charge on any atom is -0.396 e. The molecule has 0 heterocycles. The lowest BCUT2D eigenvalue weighted by Gasteiger charge is -2.07. The molecule has 2 atom stereocenters. The second kappa shape index (κ2) is 3.94. The molecule has 1 saturated carbocycles. The number of aliphatic hydroxyl groups excluding tert-OH is 1. The van der Waals surface area contributed by atoms with Crippen molar-refractivity contribution in [2.45, 2.75) is 19.3 Å². The molecule has 1 fully saturated rings. The highest BCUT2D eigenvalue weighted by atomic mass is 16.5. The van der Waals surface area contributed by atoms with Crippen molar-refractivity contribution in [2.24, 2.45) is 11.8 Å². The molecule has 0 aromatic rings. The predicted molar refractivity (Wildman–Crippen MR) is 39.8 cm³/mol. The van der Waals surface area contributed by atoms with Crippen LogP contribution in [0.2, 0.25) is 0 Å². The second-order valence-corrected chi connectivity index (χ2v) is 3.18. The third-order valence-electron chi connectivity index (χ3n) is 2.31. The van der Waals surface area contributed by atoms with Crippen LogP contribution in [-0.4, -0.2) is 25.4 Å². The summed E-state index contributed by atoms with van der Waals surface area (Å²) in [5.41, 5.74) is 0. The number of aliphatic hydroxyl groups is 1. The van der Waals surface area contributed by atoms with Crippen molar-refractivity contribution < 1.29 is 9.84 Å². The molecule has 2 heteroatoms. The molecule has 0 spiro atoms. The van der Waals surface area contributed by atoms with Gasteiger partial charge in [0.25, 0.3) is 0 Å². The number of methoxy groups -OCH3 is 1. The third-order valence-corrected chi connectivity index (χ3v) is 2.31. The van der Waals surface area contributed by atoms with E-state index in [2.05, 4.69) is 0 Å². The second-order valence-electron chi connectivity index (χ2n) is 3.18. The Kier molecular flexibility index (Phi) is 3.16. The van der Waals surface area contributed by atoms with Gasteiger partial charge in [0, 0.05) is 20.3 Å². The van der Waals surface area contributed by atoms with Gasteiger partial charge in [-0.2, -0.15) is 0 Å². The Bertz CT molecular complexity index is 93.3. The van der Waals surface area contributed by atoms with Gasteiger partial charge in [-0.25, -0.2) is 0 Å². The standard InChI is InChI=1S/C8H16O2/c1-10-6-8-3-2-7(4-8)5-9/h7-9H,2-6H2,1H3/t7-,8+/m0/s1. The van der Waals surface area contributed by atoms with Crippen LogP contribution in [0.15, 0.2) is 0 Å². The van der Waals surface area contributed by atoms with Crippen LogP contribution >= 0.6 is 0 Å². The van der Waals surface area contributed by atoms with Crippen LogP contribution in [0.3, 0.4) is 0 Å². The quantitative estimate of drug-likeness (QED) is 0.641. The highest BCUT2D eigenvalue weighted by molar-refractivity contribution is 4.74. The summed E-state index contributed by atoms with van der Waals surface area (Å²) >= 11 is 0. The van der Waals surface area contributed by atoms with Crippen molar-refractivity contribution in [3.05, 3.63) is 0 Å². The molecule has 0 radical (unpaired) electrons. The van der Waals surface area contributed by atoms with Gasteiger partial charge in [-0.3, -0.25) is 0 Å². The van der Waals surface area contributed by atoms with Crippen molar-refractivity contribution in [3.63, 3.8) is 0 Å². The van der Waals surface area contributed by atoms with Gasteiger partial charge in [-0.05, 0) is 31.1 Å². The van der Waals surface area contributed by atoms with E-state index in [4.69, 9.17) is 9.84 Å². The highest BCUT2D eigenvalue weighted by Gasteiger charge is 2.23. The Morgan fingerprint density at radius 2 is 2.10 bits per heavy atom. The molecule has 0 amide bonds. The van der Waals surface area contributed by atoms with Crippen LogP contribution in [0, 0.1) is 11.8 Å². The van der Waals surface area contributed by atoms with Crippen molar-refractivity contribution in [1.82, 2.24) is 0 Å². The van der Waals surface area contributed by atoms with Gasteiger partial charge in [-0.1, -0.05) is 0 Å². The minimum absolute atomic E-state index is 0.361. The van der Waals surface area contributed by atoms with E-state index in [0.29, 0.717) is 18.4 Å². The lowest BCUT2D eigenvalue weighted by Crippen LogP contribution is -2.05. The van der Waals surface area contributed by atoms with Crippen LogP contribution in [0.5, 0.6) is 0 Å². The van der Waals surface area contributed by atoms with Gasteiger partial charge in [0.05, 0.1) is 0 Å². The van der Waals surface area contributed by atoms with Crippen molar-refractivity contribution in [1.29, 1.82) is 0 Å². The lowest BCUT2D eigenvalue weighted by atomic mass is 10.1. The Hall–Kier alpha value is -0.0800.